The molecule has 0 radical (unpaired) electrons. The lowest BCUT2D eigenvalue weighted by atomic mass is 10.3. The van der Waals surface area contributed by atoms with Crippen LogP contribution in [0.25, 0.3) is 0 Å². The fourth-order valence-electron chi connectivity index (χ4n) is 1.72. The van der Waals surface area contributed by atoms with Crippen LogP contribution in [-0.2, 0) is 16.6 Å². The lowest BCUT2D eigenvalue weighted by Gasteiger charge is -2.07. The van der Waals surface area contributed by atoms with E-state index in [4.69, 9.17) is 23.2 Å². The number of benzene rings is 1. The number of halogens is 2. The summed E-state index contributed by atoms with van der Waals surface area (Å²) in [5, 5.41) is 3.69. The summed E-state index contributed by atoms with van der Waals surface area (Å²) in [6.07, 6.45) is 0. The highest BCUT2D eigenvalue weighted by Gasteiger charge is 2.19. The van der Waals surface area contributed by atoms with Gasteiger partial charge >= 0.3 is 0 Å². The molecule has 0 aliphatic carbocycles. The van der Waals surface area contributed by atoms with Crippen molar-refractivity contribution in [3.63, 3.8) is 0 Å². The molecule has 0 aliphatic heterocycles. The number of thiophene rings is 1. The van der Waals surface area contributed by atoms with Crippen molar-refractivity contribution < 1.29 is 8.42 Å². The largest absolute Gasteiger partial charge is 0.315 e. The van der Waals surface area contributed by atoms with Gasteiger partial charge in [-0.15, -0.1) is 11.3 Å². The quantitative estimate of drug-likeness (QED) is 0.845. The lowest BCUT2D eigenvalue weighted by Crippen LogP contribution is -2.11. The molecule has 0 bridgehead atoms. The van der Waals surface area contributed by atoms with Gasteiger partial charge in [0.05, 0.1) is 15.7 Å². The topological polar surface area (TPSA) is 58.2 Å². The fourth-order valence-corrected chi connectivity index (χ4v) is 4.67. The Hall–Kier alpha value is -0.790. The van der Waals surface area contributed by atoms with Gasteiger partial charge in [0, 0.05) is 11.4 Å². The molecule has 0 unspecified atom stereocenters. The molecule has 2 aromatic rings. The molecular formula is C13H14Cl2N2O2S2. The van der Waals surface area contributed by atoms with Crippen LogP contribution < -0.4 is 10.0 Å². The van der Waals surface area contributed by atoms with E-state index in [-0.39, 0.29) is 4.21 Å². The van der Waals surface area contributed by atoms with E-state index in [1.54, 1.807) is 18.2 Å². The Kier molecular flexibility index (Phi) is 5.16. The standard InChI is InChI=1S/C13H14Cl2N2O2S2/c1-8-5-13(20-12(8)7-16-2)21(18,19)17-9-3-4-10(14)11(15)6-9/h3-6,16-17H,7H2,1-2H3. The van der Waals surface area contributed by atoms with Crippen LogP contribution in [0.2, 0.25) is 10.0 Å². The maximum atomic E-state index is 12.4. The summed E-state index contributed by atoms with van der Waals surface area (Å²) in [7, 11) is -1.80. The Morgan fingerprint density at radius 3 is 2.52 bits per heavy atom. The molecule has 2 rings (SSSR count). The summed E-state index contributed by atoms with van der Waals surface area (Å²) in [6, 6.07) is 6.27. The molecule has 0 amide bonds. The van der Waals surface area contributed by atoms with Gasteiger partial charge in [-0.2, -0.15) is 0 Å². The Morgan fingerprint density at radius 2 is 1.90 bits per heavy atom. The van der Waals surface area contributed by atoms with Crippen molar-refractivity contribution in [1.29, 1.82) is 0 Å². The third-order valence-electron chi connectivity index (χ3n) is 2.77. The van der Waals surface area contributed by atoms with Crippen molar-refractivity contribution in [2.75, 3.05) is 11.8 Å². The number of sulfonamides is 1. The minimum atomic E-state index is -3.62. The Labute approximate surface area is 138 Å². The minimum absolute atomic E-state index is 0.274. The van der Waals surface area contributed by atoms with E-state index in [1.165, 1.54) is 17.4 Å². The van der Waals surface area contributed by atoms with Gasteiger partial charge in [0.1, 0.15) is 4.21 Å². The predicted octanol–water partition coefficient (Wildman–Crippen LogP) is 3.88. The smallest absolute Gasteiger partial charge is 0.271 e. The predicted molar refractivity (Wildman–Crippen MR) is 89.1 cm³/mol. The van der Waals surface area contributed by atoms with Crippen molar-refractivity contribution in [3.05, 3.63) is 44.8 Å². The van der Waals surface area contributed by atoms with Crippen LogP contribution in [0.5, 0.6) is 0 Å². The van der Waals surface area contributed by atoms with E-state index in [1.807, 2.05) is 14.0 Å². The number of aryl methyl sites for hydroxylation is 1. The van der Waals surface area contributed by atoms with E-state index in [0.29, 0.717) is 22.3 Å². The zero-order valence-electron chi connectivity index (χ0n) is 11.4. The molecule has 0 saturated carbocycles. The first-order valence-corrected chi connectivity index (χ1v) is 9.11. The van der Waals surface area contributed by atoms with Gasteiger partial charge < -0.3 is 5.32 Å². The van der Waals surface area contributed by atoms with Gasteiger partial charge in [-0.3, -0.25) is 4.72 Å². The number of hydrogen-bond acceptors (Lipinski definition) is 4. The van der Waals surface area contributed by atoms with Crippen molar-refractivity contribution in [3.8, 4) is 0 Å². The number of nitrogens with one attached hydrogen (secondary N) is 2. The number of rotatable bonds is 5. The van der Waals surface area contributed by atoms with E-state index >= 15 is 0 Å². The van der Waals surface area contributed by atoms with E-state index in [2.05, 4.69) is 10.0 Å². The fraction of sp³-hybridized carbons (Fsp3) is 0.231. The summed E-state index contributed by atoms with van der Waals surface area (Å²) in [4.78, 5) is 0.993. The van der Waals surface area contributed by atoms with E-state index < -0.39 is 10.0 Å². The normalized spacial score (nSPS) is 11.6. The first kappa shape index (κ1) is 16.6. The average molecular weight is 365 g/mol. The maximum absolute atomic E-state index is 12.4. The average Bonchev–Trinajstić information content (AvgIpc) is 2.77. The number of hydrogen-bond donors (Lipinski definition) is 2. The molecule has 1 aromatic heterocycles. The molecule has 8 heteroatoms. The zero-order valence-corrected chi connectivity index (χ0v) is 14.6. The van der Waals surface area contributed by atoms with Crippen LogP contribution in [0.4, 0.5) is 5.69 Å². The molecule has 0 fully saturated rings. The summed E-state index contributed by atoms with van der Waals surface area (Å²) in [5.41, 5.74) is 1.33. The number of anilines is 1. The van der Waals surface area contributed by atoms with E-state index in [0.717, 1.165) is 10.4 Å². The highest BCUT2D eigenvalue weighted by atomic mass is 35.5. The van der Waals surface area contributed by atoms with Crippen LogP contribution in [0, 0.1) is 6.92 Å². The third kappa shape index (κ3) is 3.90. The summed E-state index contributed by atoms with van der Waals surface area (Å²) < 4.78 is 27.5. The molecule has 21 heavy (non-hydrogen) atoms. The second-order valence-electron chi connectivity index (χ2n) is 4.44. The minimum Gasteiger partial charge on any atom is -0.315 e. The monoisotopic (exact) mass is 364 g/mol. The molecule has 114 valence electrons. The molecule has 0 saturated heterocycles. The maximum Gasteiger partial charge on any atom is 0.271 e. The van der Waals surface area contributed by atoms with Gasteiger partial charge in [-0.1, -0.05) is 23.2 Å². The molecule has 1 aromatic carbocycles. The van der Waals surface area contributed by atoms with Gasteiger partial charge in [-0.25, -0.2) is 8.42 Å². The SMILES string of the molecule is CNCc1sc(S(=O)(=O)Nc2ccc(Cl)c(Cl)c2)cc1C. The lowest BCUT2D eigenvalue weighted by molar-refractivity contribution is 0.603. The van der Waals surface area contributed by atoms with Gasteiger partial charge in [-0.05, 0) is 43.8 Å². The molecule has 1 heterocycles. The first-order valence-electron chi connectivity index (χ1n) is 6.05. The van der Waals surface area contributed by atoms with Crippen LogP contribution >= 0.6 is 34.5 Å². The molecule has 0 atom stereocenters. The van der Waals surface area contributed by atoms with Crippen LogP contribution in [0.1, 0.15) is 10.4 Å². The third-order valence-corrected chi connectivity index (χ3v) is 6.60. The van der Waals surface area contributed by atoms with Crippen molar-refractivity contribution in [2.24, 2.45) is 0 Å². The zero-order chi connectivity index (χ0) is 15.6. The van der Waals surface area contributed by atoms with Crippen LogP contribution in [0.3, 0.4) is 0 Å². The van der Waals surface area contributed by atoms with Crippen molar-refractivity contribution >= 4 is 50.2 Å². The Bertz CT molecular complexity index is 758. The molecule has 0 aliphatic rings. The first-order chi connectivity index (χ1) is 9.83. The highest BCUT2D eigenvalue weighted by Crippen LogP contribution is 2.30. The van der Waals surface area contributed by atoms with Crippen LogP contribution in [-0.4, -0.2) is 15.5 Å². The Balaban J connectivity index is 2.29. The molecule has 4 nitrogen and oxygen atoms in total. The Morgan fingerprint density at radius 1 is 1.19 bits per heavy atom. The van der Waals surface area contributed by atoms with Gasteiger partial charge in [0.2, 0.25) is 0 Å². The molecular weight excluding hydrogens is 351 g/mol. The van der Waals surface area contributed by atoms with Crippen molar-refractivity contribution in [2.45, 2.75) is 17.7 Å². The molecule has 0 spiro atoms. The summed E-state index contributed by atoms with van der Waals surface area (Å²) >= 11 is 12.9. The summed E-state index contributed by atoms with van der Waals surface area (Å²) in [5.74, 6) is 0. The second kappa shape index (κ2) is 6.54. The second-order valence-corrected chi connectivity index (χ2v) is 8.30. The molecule has 2 N–H and O–H groups in total. The summed E-state index contributed by atoms with van der Waals surface area (Å²) in [6.45, 7) is 2.53. The highest BCUT2D eigenvalue weighted by molar-refractivity contribution is 7.94. The van der Waals surface area contributed by atoms with Crippen molar-refractivity contribution in [1.82, 2.24) is 5.32 Å². The van der Waals surface area contributed by atoms with E-state index in [9.17, 15) is 8.42 Å². The van der Waals surface area contributed by atoms with Crippen LogP contribution in [0.15, 0.2) is 28.5 Å². The van der Waals surface area contributed by atoms with Gasteiger partial charge in [0.25, 0.3) is 10.0 Å². The van der Waals surface area contributed by atoms with Gasteiger partial charge in [0.15, 0.2) is 0 Å².